The molecule has 0 saturated carbocycles. The van der Waals surface area contributed by atoms with Crippen molar-refractivity contribution in [1.29, 1.82) is 0 Å². The predicted molar refractivity (Wildman–Crippen MR) is 55.5 cm³/mol. The summed E-state index contributed by atoms with van der Waals surface area (Å²) in [7, 11) is 1.29. The van der Waals surface area contributed by atoms with Crippen LogP contribution in [-0.2, 0) is 9.53 Å². The number of aliphatic carboxylic acids is 1. The standard InChI is InChI=1S/C11H12O5/c1-7(10(12)13)16-9-5-3-8(4-6-9)11(14)15-2/h3-7H,1-2H3,(H,12,13). The number of carboxylic acids is 1. The number of carbonyl (C=O) groups excluding carboxylic acids is 1. The Bertz CT molecular complexity index is 382. The molecule has 16 heavy (non-hydrogen) atoms. The first-order valence-electron chi connectivity index (χ1n) is 4.62. The molecule has 0 fully saturated rings. The van der Waals surface area contributed by atoms with Crippen LogP contribution in [-0.4, -0.2) is 30.3 Å². The zero-order valence-electron chi connectivity index (χ0n) is 8.97. The molecule has 1 rings (SSSR count). The lowest BCUT2D eigenvalue weighted by Gasteiger charge is -2.10. The normalized spacial score (nSPS) is 11.6. The van der Waals surface area contributed by atoms with Gasteiger partial charge in [0.1, 0.15) is 5.75 Å². The van der Waals surface area contributed by atoms with Crippen molar-refractivity contribution in [2.75, 3.05) is 7.11 Å². The van der Waals surface area contributed by atoms with Crippen LogP contribution in [0, 0.1) is 0 Å². The summed E-state index contributed by atoms with van der Waals surface area (Å²) in [6, 6.07) is 6.06. The summed E-state index contributed by atoms with van der Waals surface area (Å²) in [6.07, 6.45) is -0.927. The second-order valence-electron chi connectivity index (χ2n) is 3.11. The fourth-order valence-corrected chi connectivity index (χ4v) is 1.04. The van der Waals surface area contributed by atoms with Gasteiger partial charge in [0.2, 0.25) is 0 Å². The van der Waals surface area contributed by atoms with E-state index >= 15 is 0 Å². The molecule has 0 aromatic heterocycles. The number of benzene rings is 1. The van der Waals surface area contributed by atoms with E-state index < -0.39 is 18.0 Å². The Morgan fingerprint density at radius 2 is 1.81 bits per heavy atom. The van der Waals surface area contributed by atoms with E-state index in [4.69, 9.17) is 9.84 Å². The summed E-state index contributed by atoms with van der Waals surface area (Å²) in [5.41, 5.74) is 0.387. The SMILES string of the molecule is COC(=O)c1ccc(OC(C)C(=O)O)cc1. The maximum Gasteiger partial charge on any atom is 0.344 e. The zero-order valence-corrected chi connectivity index (χ0v) is 8.97. The van der Waals surface area contributed by atoms with E-state index in [9.17, 15) is 9.59 Å². The minimum Gasteiger partial charge on any atom is -0.479 e. The molecule has 1 aromatic rings. The van der Waals surface area contributed by atoms with Gasteiger partial charge in [0.15, 0.2) is 6.10 Å². The number of hydrogen-bond acceptors (Lipinski definition) is 4. The van der Waals surface area contributed by atoms with Crippen LogP contribution in [0.25, 0.3) is 0 Å². The van der Waals surface area contributed by atoms with E-state index in [0.717, 1.165) is 0 Å². The lowest BCUT2D eigenvalue weighted by molar-refractivity contribution is -0.144. The van der Waals surface area contributed by atoms with Crippen LogP contribution in [0.15, 0.2) is 24.3 Å². The number of ether oxygens (including phenoxy) is 2. The van der Waals surface area contributed by atoms with Crippen molar-refractivity contribution < 1.29 is 24.2 Å². The van der Waals surface area contributed by atoms with Crippen LogP contribution in [0.3, 0.4) is 0 Å². The average molecular weight is 224 g/mol. The van der Waals surface area contributed by atoms with Crippen LogP contribution in [0.2, 0.25) is 0 Å². The maximum absolute atomic E-state index is 11.1. The molecule has 1 aromatic carbocycles. The number of methoxy groups -OCH3 is 1. The highest BCUT2D eigenvalue weighted by molar-refractivity contribution is 5.89. The lowest BCUT2D eigenvalue weighted by Crippen LogP contribution is -2.22. The number of hydrogen-bond donors (Lipinski definition) is 1. The third-order valence-electron chi connectivity index (χ3n) is 1.94. The van der Waals surface area contributed by atoms with Crippen molar-refractivity contribution in [3.63, 3.8) is 0 Å². The van der Waals surface area contributed by atoms with Crippen LogP contribution < -0.4 is 4.74 Å². The van der Waals surface area contributed by atoms with Gasteiger partial charge < -0.3 is 14.6 Å². The van der Waals surface area contributed by atoms with Gasteiger partial charge in [0.25, 0.3) is 0 Å². The van der Waals surface area contributed by atoms with Gasteiger partial charge in [-0.3, -0.25) is 0 Å². The van der Waals surface area contributed by atoms with Gasteiger partial charge in [-0.2, -0.15) is 0 Å². The summed E-state index contributed by atoms with van der Waals surface area (Å²) in [5.74, 6) is -1.10. The Morgan fingerprint density at radius 1 is 1.25 bits per heavy atom. The maximum atomic E-state index is 11.1. The third kappa shape index (κ3) is 2.98. The van der Waals surface area contributed by atoms with Crippen LogP contribution in [0.1, 0.15) is 17.3 Å². The van der Waals surface area contributed by atoms with Gasteiger partial charge in [-0.1, -0.05) is 0 Å². The largest absolute Gasteiger partial charge is 0.479 e. The molecule has 0 amide bonds. The van der Waals surface area contributed by atoms with Gasteiger partial charge >= 0.3 is 11.9 Å². The highest BCUT2D eigenvalue weighted by Gasteiger charge is 2.12. The minimum atomic E-state index is -1.04. The Hall–Kier alpha value is -2.04. The molecule has 0 bridgehead atoms. The Kier molecular flexibility index (Phi) is 3.88. The minimum absolute atomic E-state index is 0.387. The number of rotatable bonds is 4. The molecular formula is C11H12O5. The van der Waals surface area contributed by atoms with Crippen LogP contribution in [0.4, 0.5) is 0 Å². The fourth-order valence-electron chi connectivity index (χ4n) is 1.04. The van der Waals surface area contributed by atoms with Crippen molar-refractivity contribution in [2.45, 2.75) is 13.0 Å². The summed E-state index contributed by atoms with van der Waals surface area (Å²) in [4.78, 5) is 21.6. The fraction of sp³-hybridized carbons (Fsp3) is 0.273. The van der Waals surface area contributed by atoms with Crippen molar-refractivity contribution in [2.24, 2.45) is 0 Å². The molecule has 5 heteroatoms. The quantitative estimate of drug-likeness (QED) is 0.781. The van der Waals surface area contributed by atoms with E-state index in [1.807, 2.05) is 0 Å². The van der Waals surface area contributed by atoms with Crippen molar-refractivity contribution in [3.8, 4) is 5.75 Å². The molecule has 1 N–H and O–H groups in total. The van der Waals surface area contributed by atoms with Gasteiger partial charge in [0.05, 0.1) is 12.7 Å². The van der Waals surface area contributed by atoms with Crippen LogP contribution in [0.5, 0.6) is 5.75 Å². The van der Waals surface area contributed by atoms with E-state index in [2.05, 4.69) is 4.74 Å². The molecule has 5 nitrogen and oxygen atoms in total. The first kappa shape index (κ1) is 12.0. The van der Waals surface area contributed by atoms with E-state index in [1.165, 1.54) is 38.3 Å². The molecule has 1 unspecified atom stereocenters. The predicted octanol–water partition coefficient (Wildman–Crippen LogP) is 1.33. The van der Waals surface area contributed by atoms with E-state index in [1.54, 1.807) is 0 Å². The average Bonchev–Trinajstić information content (AvgIpc) is 2.28. The van der Waals surface area contributed by atoms with Gasteiger partial charge in [-0.25, -0.2) is 9.59 Å². The Balaban J connectivity index is 2.72. The third-order valence-corrected chi connectivity index (χ3v) is 1.94. The Labute approximate surface area is 92.6 Å². The smallest absolute Gasteiger partial charge is 0.344 e. The first-order valence-corrected chi connectivity index (χ1v) is 4.62. The van der Waals surface area contributed by atoms with Gasteiger partial charge in [-0.05, 0) is 31.2 Å². The van der Waals surface area contributed by atoms with E-state index in [-0.39, 0.29) is 0 Å². The number of carbonyl (C=O) groups is 2. The number of carboxylic acid groups (broad SMARTS) is 1. The highest BCUT2D eigenvalue weighted by atomic mass is 16.5. The molecular weight excluding hydrogens is 212 g/mol. The van der Waals surface area contributed by atoms with Crippen LogP contribution >= 0.6 is 0 Å². The molecule has 0 aliphatic heterocycles. The summed E-state index contributed by atoms with van der Waals surface area (Å²) in [6.45, 7) is 1.43. The monoisotopic (exact) mass is 224 g/mol. The lowest BCUT2D eigenvalue weighted by atomic mass is 10.2. The number of esters is 1. The molecule has 0 spiro atoms. The molecule has 1 atom stereocenters. The van der Waals surface area contributed by atoms with E-state index in [0.29, 0.717) is 11.3 Å². The molecule has 0 aliphatic rings. The summed E-state index contributed by atoms with van der Waals surface area (Å²) >= 11 is 0. The summed E-state index contributed by atoms with van der Waals surface area (Å²) < 4.78 is 9.61. The second-order valence-corrected chi connectivity index (χ2v) is 3.11. The zero-order chi connectivity index (χ0) is 12.1. The molecule has 0 aliphatic carbocycles. The topological polar surface area (TPSA) is 72.8 Å². The Morgan fingerprint density at radius 3 is 2.25 bits per heavy atom. The molecule has 0 saturated heterocycles. The first-order chi connectivity index (χ1) is 7.54. The molecule has 0 radical (unpaired) electrons. The van der Waals surface area contributed by atoms with Crippen molar-refractivity contribution >= 4 is 11.9 Å². The van der Waals surface area contributed by atoms with Crippen molar-refractivity contribution in [3.05, 3.63) is 29.8 Å². The summed E-state index contributed by atoms with van der Waals surface area (Å²) in [5, 5.41) is 8.63. The second kappa shape index (κ2) is 5.16. The highest BCUT2D eigenvalue weighted by Crippen LogP contribution is 2.14. The van der Waals surface area contributed by atoms with Crippen molar-refractivity contribution in [1.82, 2.24) is 0 Å². The van der Waals surface area contributed by atoms with Gasteiger partial charge in [0, 0.05) is 0 Å². The molecule has 86 valence electrons. The molecule has 0 heterocycles. The van der Waals surface area contributed by atoms with Gasteiger partial charge in [-0.15, -0.1) is 0 Å².